The summed E-state index contributed by atoms with van der Waals surface area (Å²) in [7, 11) is -2.66. The minimum Gasteiger partial charge on any atom is -0.497 e. The number of carbonyl (C=O) groups is 2. The van der Waals surface area contributed by atoms with Gasteiger partial charge in [0.05, 0.1) is 17.7 Å². The predicted octanol–water partition coefficient (Wildman–Crippen LogP) is 4.75. The van der Waals surface area contributed by atoms with Crippen LogP contribution in [0.25, 0.3) is 0 Å². The van der Waals surface area contributed by atoms with E-state index in [1.165, 1.54) is 35.2 Å². The standard InChI is InChI=1S/C27H29Cl2N3O5S/c1-4-30-27(34)19(2)31(17-20-10-12-24(37-3)13-11-20)26(33)18-32(23-15-21(28)14-22(29)16-23)38(35,36)25-8-6-5-7-9-25/h5-16,19H,4,17-18H2,1-3H3,(H,30,34). The minimum atomic E-state index is -4.20. The Hall–Kier alpha value is -3.27. The van der Waals surface area contributed by atoms with E-state index in [0.29, 0.717) is 12.3 Å². The lowest BCUT2D eigenvalue weighted by atomic mass is 10.1. The third-order valence-corrected chi connectivity index (χ3v) is 8.00. The molecule has 11 heteroatoms. The zero-order chi connectivity index (χ0) is 27.9. The Bertz CT molecular complexity index is 1350. The molecule has 0 fully saturated rings. The molecule has 8 nitrogen and oxygen atoms in total. The summed E-state index contributed by atoms with van der Waals surface area (Å²) in [6, 6.07) is 18.2. The Morgan fingerprint density at radius 1 is 0.974 bits per heavy atom. The summed E-state index contributed by atoms with van der Waals surface area (Å²) in [6.45, 7) is 3.23. The molecule has 38 heavy (non-hydrogen) atoms. The molecule has 2 amide bonds. The lowest BCUT2D eigenvalue weighted by molar-refractivity contribution is -0.139. The summed E-state index contributed by atoms with van der Waals surface area (Å²) in [5, 5.41) is 3.14. The molecule has 0 heterocycles. The molecular weight excluding hydrogens is 549 g/mol. The van der Waals surface area contributed by atoms with Crippen LogP contribution in [0.4, 0.5) is 5.69 Å². The lowest BCUT2D eigenvalue weighted by Crippen LogP contribution is -2.51. The maximum absolute atomic E-state index is 13.8. The van der Waals surface area contributed by atoms with Crippen LogP contribution < -0.4 is 14.4 Å². The highest BCUT2D eigenvalue weighted by atomic mass is 35.5. The summed E-state index contributed by atoms with van der Waals surface area (Å²) < 4.78 is 33.6. The molecule has 0 radical (unpaired) electrons. The Morgan fingerprint density at radius 2 is 1.58 bits per heavy atom. The maximum Gasteiger partial charge on any atom is 0.264 e. The molecule has 3 rings (SSSR count). The molecule has 0 aromatic heterocycles. The van der Waals surface area contributed by atoms with Crippen LogP contribution in [0.15, 0.2) is 77.7 Å². The van der Waals surface area contributed by atoms with E-state index in [1.807, 2.05) is 0 Å². The molecular formula is C27H29Cl2N3O5S. The number of nitrogens with zero attached hydrogens (tertiary/aromatic N) is 2. The second-order valence-electron chi connectivity index (χ2n) is 8.39. The first-order valence-electron chi connectivity index (χ1n) is 11.8. The van der Waals surface area contributed by atoms with E-state index in [2.05, 4.69) is 5.32 Å². The summed E-state index contributed by atoms with van der Waals surface area (Å²) in [4.78, 5) is 27.9. The second kappa shape index (κ2) is 13.0. The fraction of sp³-hybridized carbons (Fsp3) is 0.259. The number of sulfonamides is 1. The number of methoxy groups -OCH3 is 1. The number of amides is 2. The largest absolute Gasteiger partial charge is 0.497 e. The second-order valence-corrected chi connectivity index (χ2v) is 11.1. The van der Waals surface area contributed by atoms with Crippen LogP contribution in [0.2, 0.25) is 10.0 Å². The van der Waals surface area contributed by atoms with Gasteiger partial charge in [0.25, 0.3) is 10.0 Å². The van der Waals surface area contributed by atoms with Gasteiger partial charge in [-0.1, -0.05) is 53.5 Å². The molecule has 0 spiro atoms. The zero-order valence-electron chi connectivity index (χ0n) is 21.2. The number of nitrogens with one attached hydrogen (secondary N) is 1. The van der Waals surface area contributed by atoms with Crippen molar-refractivity contribution >= 4 is 50.7 Å². The average molecular weight is 579 g/mol. The third-order valence-electron chi connectivity index (χ3n) is 5.78. The number of rotatable bonds is 11. The van der Waals surface area contributed by atoms with Gasteiger partial charge < -0.3 is 15.0 Å². The van der Waals surface area contributed by atoms with Gasteiger partial charge in [-0.2, -0.15) is 0 Å². The highest BCUT2D eigenvalue weighted by Gasteiger charge is 2.32. The van der Waals surface area contributed by atoms with E-state index in [9.17, 15) is 18.0 Å². The van der Waals surface area contributed by atoms with Gasteiger partial charge in [-0.3, -0.25) is 13.9 Å². The monoisotopic (exact) mass is 577 g/mol. The number of benzene rings is 3. The molecule has 0 aliphatic heterocycles. The highest BCUT2D eigenvalue weighted by molar-refractivity contribution is 7.92. The number of anilines is 1. The highest BCUT2D eigenvalue weighted by Crippen LogP contribution is 2.30. The van der Waals surface area contributed by atoms with Gasteiger partial charge >= 0.3 is 0 Å². The molecule has 202 valence electrons. The Morgan fingerprint density at radius 3 is 2.13 bits per heavy atom. The van der Waals surface area contributed by atoms with Gasteiger partial charge in [-0.05, 0) is 61.9 Å². The molecule has 0 bridgehead atoms. The molecule has 1 unspecified atom stereocenters. The quantitative estimate of drug-likeness (QED) is 0.354. The molecule has 1 N–H and O–H groups in total. The van der Waals surface area contributed by atoms with Crippen molar-refractivity contribution in [2.75, 3.05) is 24.5 Å². The predicted molar refractivity (Wildman–Crippen MR) is 149 cm³/mol. The van der Waals surface area contributed by atoms with Crippen molar-refractivity contribution in [3.63, 3.8) is 0 Å². The smallest absolute Gasteiger partial charge is 0.264 e. The average Bonchev–Trinajstić information content (AvgIpc) is 2.90. The van der Waals surface area contributed by atoms with E-state index in [-0.39, 0.29) is 33.1 Å². The van der Waals surface area contributed by atoms with E-state index in [1.54, 1.807) is 63.4 Å². The van der Waals surface area contributed by atoms with Gasteiger partial charge in [-0.25, -0.2) is 8.42 Å². The van der Waals surface area contributed by atoms with Gasteiger partial charge in [0.2, 0.25) is 11.8 Å². The summed E-state index contributed by atoms with van der Waals surface area (Å²) in [6.07, 6.45) is 0. The molecule has 0 saturated heterocycles. The van der Waals surface area contributed by atoms with E-state index >= 15 is 0 Å². The normalized spacial score (nSPS) is 11.9. The van der Waals surface area contributed by atoms with Crippen molar-refractivity contribution in [1.29, 1.82) is 0 Å². The number of likely N-dealkylation sites (N-methyl/N-ethyl adjacent to an activating group) is 1. The number of ether oxygens (including phenoxy) is 1. The fourth-order valence-corrected chi connectivity index (χ4v) is 5.70. The number of halogens is 2. The van der Waals surface area contributed by atoms with E-state index in [0.717, 1.165) is 9.87 Å². The van der Waals surface area contributed by atoms with Crippen molar-refractivity contribution in [3.8, 4) is 5.75 Å². The molecule has 0 aliphatic carbocycles. The van der Waals surface area contributed by atoms with Crippen molar-refractivity contribution in [2.24, 2.45) is 0 Å². The first-order chi connectivity index (χ1) is 18.1. The third kappa shape index (κ3) is 7.18. The fourth-order valence-electron chi connectivity index (χ4n) is 3.76. The molecule has 0 aliphatic rings. The van der Waals surface area contributed by atoms with E-state index < -0.39 is 28.5 Å². The van der Waals surface area contributed by atoms with Crippen molar-refractivity contribution in [3.05, 3.63) is 88.4 Å². The summed E-state index contributed by atoms with van der Waals surface area (Å²) >= 11 is 12.4. The lowest BCUT2D eigenvalue weighted by Gasteiger charge is -2.32. The molecule has 3 aromatic carbocycles. The van der Waals surface area contributed by atoms with Crippen LogP contribution in [0.1, 0.15) is 19.4 Å². The van der Waals surface area contributed by atoms with E-state index in [4.69, 9.17) is 27.9 Å². The van der Waals surface area contributed by atoms with Crippen molar-refractivity contribution in [2.45, 2.75) is 31.3 Å². The Labute approximate surface area is 233 Å². The minimum absolute atomic E-state index is 0.0117. The van der Waals surface area contributed by atoms with Gasteiger partial charge in [0, 0.05) is 23.1 Å². The van der Waals surface area contributed by atoms with Crippen molar-refractivity contribution < 1.29 is 22.7 Å². The molecule has 0 saturated carbocycles. The van der Waals surface area contributed by atoms with Crippen molar-refractivity contribution in [1.82, 2.24) is 10.2 Å². The topological polar surface area (TPSA) is 96.0 Å². The first-order valence-corrected chi connectivity index (χ1v) is 14.0. The summed E-state index contributed by atoms with van der Waals surface area (Å²) in [5.41, 5.74) is 0.855. The number of hydrogen-bond acceptors (Lipinski definition) is 5. The zero-order valence-corrected chi connectivity index (χ0v) is 23.6. The van der Waals surface area contributed by atoms with Crippen LogP contribution in [0, 0.1) is 0 Å². The molecule has 1 atom stereocenters. The molecule has 3 aromatic rings. The Kier molecular flexibility index (Phi) is 10.0. The SMILES string of the molecule is CCNC(=O)C(C)N(Cc1ccc(OC)cc1)C(=O)CN(c1cc(Cl)cc(Cl)c1)S(=O)(=O)c1ccccc1. The van der Waals surface area contributed by atoms with Crippen LogP contribution in [0.5, 0.6) is 5.75 Å². The number of hydrogen-bond donors (Lipinski definition) is 1. The van der Waals surface area contributed by atoms with Gasteiger partial charge in [0.15, 0.2) is 0 Å². The maximum atomic E-state index is 13.8. The van der Waals surface area contributed by atoms with Crippen LogP contribution in [-0.4, -0.2) is 51.4 Å². The van der Waals surface area contributed by atoms with Crippen LogP contribution >= 0.6 is 23.2 Å². The van der Waals surface area contributed by atoms with Gasteiger partial charge in [0.1, 0.15) is 18.3 Å². The number of carbonyl (C=O) groups excluding carboxylic acids is 2. The summed E-state index contributed by atoms with van der Waals surface area (Å²) in [5.74, 6) is -0.311. The first kappa shape index (κ1) is 29.3. The van der Waals surface area contributed by atoms with Crippen LogP contribution in [-0.2, 0) is 26.2 Å². The van der Waals surface area contributed by atoms with Gasteiger partial charge in [-0.15, -0.1) is 0 Å². The Balaban J connectivity index is 2.04. The van der Waals surface area contributed by atoms with Crippen LogP contribution in [0.3, 0.4) is 0 Å².